The molecule has 3 aromatic rings. The van der Waals surface area contributed by atoms with Crippen molar-refractivity contribution in [2.45, 2.75) is 0 Å². The Morgan fingerprint density at radius 1 is 1.24 bits per heavy atom. The van der Waals surface area contributed by atoms with E-state index in [-0.39, 0.29) is 16.4 Å². The minimum Gasteiger partial charge on any atom is -0.497 e. The third kappa shape index (κ3) is 3.85. The van der Waals surface area contributed by atoms with E-state index in [1.165, 1.54) is 7.11 Å². The van der Waals surface area contributed by atoms with Crippen LogP contribution >= 0.6 is 27.3 Å². The Bertz CT molecular complexity index is 946. The number of nitrogens with zero attached hydrogens (tertiary/aromatic N) is 1. The van der Waals surface area contributed by atoms with Gasteiger partial charge in [0.25, 0.3) is 5.91 Å². The van der Waals surface area contributed by atoms with Crippen molar-refractivity contribution in [3.8, 4) is 17.0 Å². The van der Waals surface area contributed by atoms with Gasteiger partial charge in [-0.2, -0.15) is 0 Å². The van der Waals surface area contributed by atoms with E-state index < -0.39 is 17.5 Å². The molecule has 1 amide bonds. The van der Waals surface area contributed by atoms with Gasteiger partial charge in [0.05, 0.1) is 18.4 Å². The zero-order valence-electron chi connectivity index (χ0n) is 12.8. The average Bonchev–Trinajstić information content (AvgIpc) is 3.05. The van der Waals surface area contributed by atoms with E-state index >= 15 is 0 Å². The van der Waals surface area contributed by atoms with Crippen LogP contribution in [0.1, 0.15) is 10.4 Å². The molecule has 4 nitrogen and oxygen atoms in total. The highest BCUT2D eigenvalue weighted by molar-refractivity contribution is 9.10. The van der Waals surface area contributed by atoms with Crippen molar-refractivity contribution in [3.63, 3.8) is 0 Å². The molecule has 128 valence electrons. The lowest BCUT2D eigenvalue weighted by Gasteiger charge is -2.06. The van der Waals surface area contributed by atoms with Crippen LogP contribution < -0.4 is 10.1 Å². The SMILES string of the molecule is COc1ccc(Br)c(C(=O)Nc2nc(-c3cc(F)ccc3F)cs2)c1. The molecule has 0 saturated carbocycles. The van der Waals surface area contributed by atoms with Gasteiger partial charge in [0.2, 0.25) is 0 Å². The number of methoxy groups -OCH3 is 1. The predicted octanol–water partition coefficient (Wildman–Crippen LogP) is 5.11. The summed E-state index contributed by atoms with van der Waals surface area (Å²) in [6, 6.07) is 8.14. The second-order valence-corrected chi connectivity index (χ2v) is 6.67. The zero-order chi connectivity index (χ0) is 18.0. The molecule has 0 spiro atoms. The number of benzene rings is 2. The predicted molar refractivity (Wildman–Crippen MR) is 96.1 cm³/mol. The van der Waals surface area contributed by atoms with Gasteiger partial charge in [-0.25, -0.2) is 13.8 Å². The number of nitrogens with one attached hydrogen (secondary N) is 1. The van der Waals surface area contributed by atoms with E-state index in [1.807, 2.05) is 0 Å². The summed E-state index contributed by atoms with van der Waals surface area (Å²) < 4.78 is 32.8. The number of carbonyl (C=O) groups is 1. The first-order chi connectivity index (χ1) is 12.0. The minimum atomic E-state index is -0.583. The van der Waals surface area contributed by atoms with Gasteiger partial charge in [-0.1, -0.05) is 0 Å². The number of hydrogen-bond donors (Lipinski definition) is 1. The summed E-state index contributed by atoms with van der Waals surface area (Å²) in [7, 11) is 1.51. The lowest BCUT2D eigenvalue weighted by Crippen LogP contribution is -2.12. The summed E-state index contributed by atoms with van der Waals surface area (Å²) in [4.78, 5) is 16.6. The van der Waals surface area contributed by atoms with Crippen molar-refractivity contribution >= 4 is 38.3 Å². The van der Waals surface area contributed by atoms with Crippen molar-refractivity contribution in [2.24, 2.45) is 0 Å². The Labute approximate surface area is 154 Å². The first-order valence-electron chi connectivity index (χ1n) is 7.04. The largest absolute Gasteiger partial charge is 0.497 e. The highest BCUT2D eigenvalue weighted by Crippen LogP contribution is 2.29. The normalized spacial score (nSPS) is 10.6. The molecule has 0 saturated heterocycles. The van der Waals surface area contributed by atoms with Gasteiger partial charge >= 0.3 is 0 Å². The quantitative estimate of drug-likeness (QED) is 0.632. The monoisotopic (exact) mass is 424 g/mol. The standard InChI is InChI=1S/C17H11BrF2N2O2S/c1-24-10-3-4-13(18)11(7-10)16(23)22-17-21-15(8-25-17)12-6-9(19)2-5-14(12)20/h2-8H,1H3,(H,21,22,23). The highest BCUT2D eigenvalue weighted by Gasteiger charge is 2.15. The first kappa shape index (κ1) is 17.5. The van der Waals surface area contributed by atoms with E-state index in [2.05, 4.69) is 26.2 Å². The number of rotatable bonds is 4. The van der Waals surface area contributed by atoms with Crippen molar-refractivity contribution in [2.75, 3.05) is 12.4 Å². The fourth-order valence-electron chi connectivity index (χ4n) is 2.12. The van der Waals surface area contributed by atoms with E-state index in [9.17, 15) is 13.6 Å². The van der Waals surface area contributed by atoms with Crippen LogP contribution in [-0.4, -0.2) is 18.0 Å². The molecule has 0 bridgehead atoms. The molecule has 0 atom stereocenters. The Balaban J connectivity index is 1.84. The molecule has 2 aromatic carbocycles. The van der Waals surface area contributed by atoms with Gasteiger partial charge in [-0.15, -0.1) is 11.3 Å². The van der Waals surface area contributed by atoms with E-state index in [4.69, 9.17) is 4.74 Å². The molecule has 0 aliphatic rings. The lowest BCUT2D eigenvalue weighted by molar-refractivity contribution is 0.102. The molecule has 0 aliphatic heterocycles. The van der Waals surface area contributed by atoms with E-state index in [1.54, 1.807) is 23.6 Å². The molecular weight excluding hydrogens is 414 g/mol. The van der Waals surface area contributed by atoms with Crippen LogP contribution in [0.25, 0.3) is 11.3 Å². The van der Waals surface area contributed by atoms with Crippen molar-refractivity contribution in [1.82, 2.24) is 4.98 Å². The Kier molecular flexibility index (Phi) is 5.10. The van der Waals surface area contributed by atoms with Gasteiger partial charge in [0.15, 0.2) is 5.13 Å². The number of ether oxygens (including phenoxy) is 1. The minimum absolute atomic E-state index is 0.0410. The van der Waals surface area contributed by atoms with Crippen LogP contribution in [-0.2, 0) is 0 Å². The maximum Gasteiger partial charge on any atom is 0.258 e. The van der Waals surface area contributed by atoms with Gasteiger partial charge in [0.1, 0.15) is 17.4 Å². The van der Waals surface area contributed by atoms with Gasteiger partial charge < -0.3 is 4.74 Å². The molecule has 0 aliphatic carbocycles. The Hall–Kier alpha value is -2.32. The third-order valence-electron chi connectivity index (χ3n) is 3.35. The summed E-state index contributed by atoms with van der Waals surface area (Å²) in [5.41, 5.74) is 0.661. The fraction of sp³-hybridized carbons (Fsp3) is 0.0588. The molecule has 8 heteroatoms. The van der Waals surface area contributed by atoms with Crippen molar-refractivity contribution < 1.29 is 18.3 Å². The topological polar surface area (TPSA) is 51.2 Å². The van der Waals surface area contributed by atoms with E-state index in [0.717, 1.165) is 29.5 Å². The number of amides is 1. The number of thiazole rings is 1. The third-order valence-corrected chi connectivity index (χ3v) is 4.80. The maximum atomic E-state index is 13.8. The molecule has 3 rings (SSSR count). The summed E-state index contributed by atoms with van der Waals surface area (Å²) in [6.07, 6.45) is 0. The molecule has 1 N–H and O–H groups in total. The number of aromatic nitrogens is 1. The maximum absolute atomic E-state index is 13.8. The number of hydrogen-bond acceptors (Lipinski definition) is 4. The van der Waals surface area contributed by atoms with Crippen LogP contribution in [0.5, 0.6) is 5.75 Å². The zero-order valence-corrected chi connectivity index (χ0v) is 15.2. The molecule has 1 heterocycles. The summed E-state index contributed by atoms with van der Waals surface area (Å²) in [5, 5.41) is 4.47. The van der Waals surface area contributed by atoms with Crippen LogP contribution in [0.3, 0.4) is 0 Å². The van der Waals surface area contributed by atoms with E-state index in [0.29, 0.717) is 15.8 Å². The summed E-state index contributed by atoms with van der Waals surface area (Å²) in [6.45, 7) is 0. The Morgan fingerprint density at radius 2 is 2.04 bits per heavy atom. The number of anilines is 1. The second-order valence-electron chi connectivity index (χ2n) is 4.96. The van der Waals surface area contributed by atoms with Crippen molar-refractivity contribution in [3.05, 3.63) is 63.4 Å². The summed E-state index contributed by atoms with van der Waals surface area (Å²) in [5.74, 6) is -1.00. The second kappa shape index (κ2) is 7.28. The molecule has 0 unspecified atom stereocenters. The molecule has 0 fully saturated rings. The molecule has 1 aromatic heterocycles. The average molecular weight is 425 g/mol. The van der Waals surface area contributed by atoms with Crippen molar-refractivity contribution in [1.29, 1.82) is 0 Å². The number of carbonyl (C=O) groups excluding carboxylic acids is 1. The van der Waals surface area contributed by atoms with Crippen LogP contribution in [0.15, 0.2) is 46.3 Å². The fourth-order valence-corrected chi connectivity index (χ4v) is 3.25. The summed E-state index contributed by atoms with van der Waals surface area (Å²) >= 11 is 4.43. The van der Waals surface area contributed by atoms with Crippen LogP contribution in [0.2, 0.25) is 0 Å². The smallest absolute Gasteiger partial charge is 0.258 e. The van der Waals surface area contributed by atoms with Crippen LogP contribution in [0.4, 0.5) is 13.9 Å². The van der Waals surface area contributed by atoms with Gasteiger partial charge in [0, 0.05) is 15.4 Å². The number of halogens is 3. The Morgan fingerprint density at radius 3 is 2.80 bits per heavy atom. The van der Waals surface area contributed by atoms with Gasteiger partial charge in [-0.05, 0) is 52.3 Å². The van der Waals surface area contributed by atoms with Gasteiger partial charge in [-0.3, -0.25) is 10.1 Å². The first-order valence-corrected chi connectivity index (χ1v) is 8.71. The lowest BCUT2D eigenvalue weighted by atomic mass is 10.1. The molecular formula is C17H11BrF2N2O2S. The molecule has 0 radical (unpaired) electrons. The van der Waals surface area contributed by atoms with Crippen LogP contribution in [0, 0.1) is 11.6 Å². The molecule has 25 heavy (non-hydrogen) atoms. The highest BCUT2D eigenvalue weighted by atomic mass is 79.9.